The number of nitrogens with two attached hydrogens (primary N) is 1. The largest absolute Gasteiger partial charge is 0.416 e. The number of benzene rings is 1. The Kier molecular flexibility index (Phi) is 5.19. The maximum absolute atomic E-state index is 12.5. The second kappa shape index (κ2) is 6.91. The summed E-state index contributed by atoms with van der Waals surface area (Å²) < 4.78 is 43.1. The highest BCUT2D eigenvalue weighted by Gasteiger charge is 2.30. The molecule has 0 aliphatic carbocycles. The Hall–Kier alpha value is -1.60. The third-order valence-electron chi connectivity index (χ3n) is 3.26. The molecule has 2 rings (SSSR count). The molecule has 4 nitrogen and oxygen atoms in total. The van der Waals surface area contributed by atoms with Crippen molar-refractivity contribution in [1.29, 1.82) is 0 Å². The molecular formula is C14H18F3N2O2+. The fourth-order valence-corrected chi connectivity index (χ4v) is 2.22. The number of carbonyl (C=O) groups excluding carboxylic acids is 1. The molecule has 7 heteroatoms. The number of carbonyl (C=O) groups is 1. The Morgan fingerprint density at radius 1 is 1.43 bits per heavy atom. The van der Waals surface area contributed by atoms with Gasteiger partial charge >= 0.3 is 6.18 Å². The van der Waals surface area contributed by atoms with E-state index in [0.717, 1.165) is 31.6 Å². The smallest absolute Gasteiger partial charge is 0.372 e. The lowest BCUT2D eigenvalue weighted by molar-refractivity contribution is -0.649. The molecule has 3 N–H and O–H groups in total. The molecule has 1 fully saturated rings. The van der Waals surface area contributed by atoms with Gasteiger partial charge in [-0.2, -0.15) is 13.2 Å². The van der Waals surface area contributed by atoms with E-state index in [0.29, 0.717) is 6.54 Å². The standard InChI is InChI=1S/C14H17F3N2O2/c15-14(16,17)10-3-1-4-11(7-10)19-13(20)9-18-8-12-5-2-6-21-12/h1,3-4,7,12,18H,2,5-6,8-9H2,(H,19,20)/p+1/t12-/m0/s1. The van der Waals surface area contributed by atoms with Crippen molar-refractivity contribution in [2.45, 2.75) is 25.1 Å². The molecule has 0 unspecified atom stereocenters. The summed E-state index contributed by atoms with van der Waals surface area (Å²) in [5, 5.41) is 4.27. The molecule has 0 bridgehead atoms. The predicted octanol–water partition coefficient (Wildman–Crippen LogP) is 1.39. The lowest BCUT2D eigenvalue weighted by Gasteiger charge is -2.10. The number of halogens is 3. The van der Waals surface area contributed by atoms with E-state index in [1.165, 1.54) is 12.1 Å². The van der Waals surface area contributed by atoms with E-state index in [9.17, 15) is 18.0 Å². The van der Waals surface area contributed by atoms with Gasteiger partial charge in [-0.25, -0.2) is 0 Å². The van der Waals surface area contributed by atoms with Gasteiger partial charge in [-0.3, -0.25) is 4.79 Å². The predicted molar refractivity (Wildman–Crippen MR) is 70.7 cm³/mol. The molecular weight excluding hydrogens is 285 g/mol. The number of quaternary nitrogens is 1. The summed E-state index contributed by atoms with van der Waals surface area (Å²) in [5.41, 5.74) is -0.621. The van der Waals surface area contributed by atoms with Crippen LogP contribution in [0.15, 0.2) is 24.3 Å². The number of nitrogens with one attached hydrogen (secondary N) is 1. The third-order valence-corrected chi connectivity index (χ3v) is 3.26. The average Bonchev–Trinajstić information content (AvgIpc) is 2.91. The first-order chi connectivity index (χ1) is 9.95. The molecule has 0 radical (unpaired) electrons. The van der Waals surface area contributed by atoms with Crippen molar-refractivity contribution in [2.24, 2.45) is 0 Å². The molecule has 1 amide bonds. The van der Waals surface area contributed by atoms with E-state index in [-0.39, 0.29) is 24.2 Å². The molecule has 0 saturated carbocycles. The van der Waals surface area contributed by atoms with E-state index < -0.39 is 11.7 Å². The average molecular weight is 303 g/mol. The van der Waals surface area contributed by atoms with E-state index in [1.54, 1.807) is 5.32 Å². The molecule has 1 aliphatic rings. The van der Waals surface area contributed by atoms with Crippen molar-refractivity contribution in [3.05, 3.63) is 29.8 Å². The highest BCUT2D eigenvalue weighted by atomic mass is 19.4. The van der Waals surface area contributed by atoms with Crippen LogP contribution in [-0.4, -0.2) is 31.7 Å². The van der Waals surface area contributed by atoms with E-state index in [2.05, 4.69) is 5.32 Å². The molecule has 1 heterocycles. The second-order valence-corrected chi connectivity index (χ2v) is 4.99. The van der Waals surface area contributed by atoms with Crippen LogP contribution in [0.25, 0.3) is 0 Å². The first-order valence-corrected chi connectivity index (χ1v) is 6.85. The minimum Gasteiger partial charge on any atom is -0.372 e. The quantitative estimate of drug-likeness (QED) is 0.863. The maximum atomic E-state index is 12.5. The van der Waals surface area contributed by atoms with E-state index >= 15 is 0 Å². The number of hydrogen-bond donors (Lipinski definition) is 2. The fraction of sp³-hybridized carbons (Fsp3) is 0.500. The van der Waals surface area contributed by atoms with Crippen molar-refractivity contribution in [1.82, 2.24) is 0 Å². The number of anilines is 1. The third kappa shape index (κ3) is 5.02. The Labute approximate surface area is 120 Å². The van der Waals surface area contributed by atoms with Crippen LogP contribution in [0.4, 0.5) is 18.9 Å². The lowest BCUT2D eigenvalue weighted by atomic mass is 10.2. The van der Waals surface area contributed by atoms with Crippen LogP contribution >= 0.6 is 0 Å². The van der Waals surface area contributed by atoms with Gasteiger partial charge in [0.05, 0.1) is 5.56 Å². The lowest BCUT2D eigenvalue weighted by Crippen LogP contribution is -2.88. The van der Waals surface area contributed by atoms with Crippen molar-refractivity contribution in [2.75, 3.05) is 25.0 Å². The SMILES string of the molecule is O=C(C[NH2+]C[C@@H]1CCCO1)Nc1cccc(C(F)(F)F)c1. The zero-order valence-electron chi connectivity index (χ0n) is 11.5. The van der Waals surface area contributed by atoms with Gasteiger partial charge in [-0.05, 0) is 31.0 Å². The van der Waals surface area contributed by atoms with Crippen LogP contribution in [0.1, 0.15) is 18.4 Å². The molecule has 1 aliphatic heterocycles. The van der Waals surface area contributed by atoms with Crippen LogP contribution in [0.3, 0.4) is 0 Å². The number of amides is 1. The van der Waals surface area contributed by atoms with Gasteiger partial charge in [-0.1, -0.05) is 6.07 Å². The van der Waals surface area contributed by atoms with Crippen LogP contribution in [0, 0.1) is 0 Å². The van der Waals surface area contributed by atoms with Gasteiger partial charge < -0.3 is 15.4 Å². The Bertz CT molecular complexity index is 485. The Morgan fingerprint density at radius 3 is 2.90 bits per heavy atom. The first-order valence-electron chi connectivity index (χ1n) is 6.85. The topological polar surface area (TPSA) is 54.9 Å². The van der Waals surface area contributed by atoms with Crippen LogP contribution in [-0.2, 0) is 15.7 Å². The second-order valence-electron chi connectivity index (χ2n) is 4.99. The summed E-state index contributed by atoms with van der Waals surface area (Å²) in [6.45, 7) is 1.61. The maximum Gasteiger partial charge on any atom is 0.416 e. The summed E-state index contributed by atoms with van der Waals surface area (Å²) in [4.78, 5) is 11.7. The number of ether oxygens (including phenoxy) is 1. The van der Waals surface area contributed by atoms with Crippen LogP contribution in [0.2, 0.25) is 0 Å². The molecule has 1 aromatic rings. The van der Waals surface area contributed by atoms with E-state index in [1.807, 2.05) is 0 Å². The molecule has 1 aromatic carbocycles. The number of hydrogen-bond acceptors (Lipinski definition) is 2. The Balaban J connectivity index is 1.79. The number of rotatable bonds is 5. The minimum absolute atomic E-state index is 0.153. The van der Waals surface area contributed by atoms with E-state index in [4.69, 9.17) is 4.74 Å². The zero-order valence-corrected chi connectivity index (χ0v) is 11.5. The van der Waals surface area contributed by atoms with Crippen LogP contribution < -0.4 is 10.6 Å². The zero-order chi connectivity index (χ0) is 15.3. The van der Waals surface area contributed by atoms with Crippen molar-refractivity contribution >= 4 is 11.6 Å². The molecule has 116 valence electrons. The summed E-state index contributed by atoms with van der Waals surface area (Å²) in [6.07, 6.45) is -2.21. The Morgan fingerprint density at radius 2 is 2.24 bits per heavy atom. The first kappa shape index (κ1) is 15.8. The summed E-state index contributed by atoms with van der Waals surface area (Å²) in [7, 11) is 0. The molecule has 0 spiro atoms. The minimum atomic E-state index is -4.41. The van der Waals surface area contributed by atoms with Crippen LogP contribution in [0.5, 0.6) is 0 Å². The van der Waals surface area contributed by atoms with Crippen molar-refractivity contribution in [3.8, 4) is 0 Å². The highest BCUT2D eigenvalue weighted by molar-refractivity contribution is 5.91. The fourth-order valence-electron chi connectivity index (χ4n) is 2.22. The van der Waals surface area contributed by atoms with Crippen molar-refractivity contribution < 1.29 is 28.0 Å². The van der Waals surface area contributed by atoms with Crippen molar-refractivity contribution in [3.63, 3.8) is 0 Å². The van der Waals surface area contributed by atoms with Gasteiger partial charge in [0.15, 0.2) is 6.54 Å². The number of alkyl halides is 3. The van der Waals surface area contributed by atoms with Gasteiger partial charge in [0.2, 0.25) is 0 Å². The molecule has 1 saturated heterocycles. The highest BCUT2D eigenvalue weighted by Crippen LogP contribution is 2.30. The molecule has 21 heavy (non-hydrogen) atoms. The van der Waals surface area contributed by atoms with Gasteiger partial charge in [0, 0.05) is 12.3 Å². The van der Waals surface area contributed by atoms with Gasteiger partial charge in [0.25, 0.3) is 5.91 Å². The molecule has 1 atom stereocenters. The monoisotopic (exact) mass is 303 g/mol. The summed E-state index contributed by atoms with van der Waals surface area (Å²) in [6, 6.07) is 4.61. The molecule has 0 aromatic heterocycles. The van der Waals surface area contributed by atoms with Gasteiger partial charge in [-0.15, -0.1) is 0 Å². The summed E-state index contributed by atoms with van der Waals surface area (Å²) >= 11 is 0. The van der Waals surface area contributed by atoms with Gasteiger partial charge in [0.1, 0.15) is 12.6 Å². The normalized spacial score (nSPS) is 18.7. The summed E-state index contributed by atoms with van der Waals surface area (Å²) in [5.74, 6) is -0.327.